The highest BCUT2D eigenvalue weighted by Crippen LogP contribution is 2.28. The molecule has 1 amide bonds. The number of amides is 1. The van der Waals surface area contributed by atoms with Crippen LogP contribution < -0.4 is 19.5 Å². The predicted molar refractivity (Wildman–Crippen MR) is 128 cm³/mol. The van der Waals surface area contributed by atoms with Gasteiger partial charge in [0, 0.05) is 6.54 Å². The summed E-state index contributed by atoms with van der Waals surface area (Å²) in [5.74, 6) is 6.61. The van der Waals surface area contributed by atoms with Crippen molar-refractivity contribution >= 4 is 27.3 Å². The third-order valence-electron chi connectivity index (χ3n) is 4.61. The van der Waals surface area contributed by atoms with E-state index in [0.717, 1.165) is 10.4 Å². The molecule has 7 nitrogen and oxygen atoms in total. The first kappa shape index (κ1) is 25.7. The first-order chi connectivity index (χ1) is 15.3. The van der Waals surface area contributed by atoms with Gasteiger partial charge >= 0.3 is 0 Å². The Morgan fingerprint density at radius 3 is 2.62 bits per heavy atom. The maximum atomic E-state index is 12.5. The summed E-state index contributed by atoms with van der Waals surface area (Å²) in [5.41, 5.74) is 0.953. The zero-order chi connectivity index (χ0) is 23.6. The Bertz CT molecular complexity index is 1040. The topological polar surface area (TPSA) is 93.7 Å². The lowest BCUT2D eigenvalue weighted by Gasteiger charge is -2.21. The lowest BCUT2D eigenvalue weighted by atomic mass is 10.0. The zero-order valence-corrected chi connectivity index (χ0v) is 20.4. The first-order valence-electron chi connectivity index (χ1n) is 10.4. The van der Waals surface area contributed by atoms with E-state index in [9.17, 15) is 13.2 Å². The van der Waals surface area contributed by atoms with Crippen LogP contribution in [0.2, 0.25) is 0 Å². The third kappa shape index (κ3) is 8.19. The van der Waals surface area contributed by atoms with Gasteiger partial charge in [-0.05, 0) is 48.4 Å². The minimum Gasteiger partial charge on any atom is -0.493 e. The van der Waals surface area contributed by atoms with E-state index in [1.165, 1.54) is 6.92 Å². The normalized spacial score (nSPS) is 12.0. The molecule has 0 saturated carbocycles. The van der Waals surface area contributed by atoms with Crippen LogP contribution >= 0.6 is 11.3 Å². The second kappa shape index (κ2) is 12.5. The number of sulfonamides is 1. The average Bonchev–Trinajstić information content (AvgIpc) is 3.29. The Morgan fingerprint density at radius 2 is 2.00 bits per heavy atom. The minimum atomic E-state index is -3.47. The van der Waals surface area contributed by atoms with E-state index in [1.54, 1.807) is 32.3 Å². The molecule has 1 atom stereocenters. The maximum Gasteiger partial charge on any atom is 0.238 e. The van der Waals surface area contributed by atoms with Crippen LogP contribution in [-0.4, -0.2) is 46.4 Å². The summed E-state index contributed by atoms with van der Waals surface area (Å²) in [6.45, 7) is 5.75. The van der Waals surface area contributed by atoms with E-state index in [-0.39, 0.29) is 24.2 Å². The van der Waals surface area contributed by atoms with Gasteiger partial charge in [-0.3, -0.25) is 4.79 Å². The van der Waals surface area contributed by atoms with Gasteiger partial charge in [-0.25, -0.2) is 13.1 Å². The number of methoxy groups -OCH3 is 1. The molecule has 0 bridgehead atoms. The van der Waals surface area contributed by atoms with Crippen molar-refractivity contribution in [1.82, 2.24) is 10.0 Å². The number of rotatable bonds is 11. The lowest BCUT2D eigenvalue weighted by molar-refractivity contribution is -0.123. The first-order valence-corrected chi connectivity index (χ1v) is 12.9. The summed E-state index contributed by atoms with van der Waals surface area (Å²) in [6.07, 6.45) is 0.561. The van der Waals surface area contributed by atoms with Gasteiger partial charge in [0.1, 0.15) is 12.6 Å². The molecule has 0 spiro atoms. The molecular formula is C23H30N2O5S2. The van der Waals surface area contributed by atoms with E-state index in [1.807, 2.05) is 35.7 Å². The molecule has 0 saturated heterocycles. The molecular weight excluding hydrogens is 448 g/mol. The molecule has 1 heterocycles. The Balaban J connectivity index is 1.90. The molecule has 1 aromatic carbocycles. The standard InChI is InChI=1S/C23H30N2O5S2/c1-5-32(27,28)25-22(17(2)3)23(26)24-13-12-18-10-11-20(21(16-18)29-4)30-14-6-8-19-9-7-15-31-19/h7,9-11,15-17,22,25H,5,12-14H2,1-4H3,(H,24,26). The van der Waals surface area contributed by atoms with Gasteiger partial charge in [0.15, 0.2) is 11.5 Å². The summed E-state index contributed by atoms with van der Waals surface area (Å²) in [6, 6.07) is 8.67. The van der Waals surface area contributed by atoms with Gasteiger partial charge in [0.05, 0.1) is 17.7 Å². The highest BCUT2D eigenvalue weighted by atomic mass is 32.2. The molecule has 2 N–H and O–H groups in total. The number of hydrogen-bond donors (Lipinski definition) is 2. The summed E-state index contributed by atoms with van der Waals surface area (Å²) in [7, 11) is -1.91. The molecule has 174 valence electrons. The summed E-state index contributed by atoms with van der Waals surface area (Å²) in [4.78, 5) is 13.5. The molecule has 0 aliphatic carbocycles. The predicted octanol–water partition coefficient (Wildman–Crippen LogP) is 2.81. The SMILES string of the molecule is CCS(=O)(=O)NC(C(=O)NCCc1ccc(OCC#Cc2cccs2)c(OC)c1)C(C)C. The Kier molecular flexibility index (Phi) is 10.0. The number of nitrogens with one attached hydrogen (secondary N) is 2. The van der Waals surface area contributed by atoms with Gasteiger partial charge in [0.2, 0.25) is 15.9 Å². The van der Waals surface area contributed by atoms with Gasteiger partial charge < -0.3 is 14.8 Å². The highest BCUT2D eigenvalue weighted by Gasteiger charge is 2.26. The van der Waals surface area contributed by atoms with E-state index in [4.69, 9.17) is 9.47 Å². The number of benzene rings is 1. The molecule has 0 radical (unpaired) electrons. The molecule has 32 heavy (non-hydrogen) atoms. The smallest absolute Gasteiger partial charge is 0.238 e. The van der Waals surface area contributed by atoms with Gasteiger partial charge in [-0.2, -0.15) is 0 Å². The average molecular weight is 479 g/mol. The number of hydrogen-bond acceptors (Lipinski definition) is 6. The fraction of sp³-hybridized carbons (Fsp3) is 0.435. The number of ether oxygens (including phenoxy) is 2. The molecule has 1 unspecified atom stereocenters. The molecule has 2 aromatic rings. The second-order valence-electron chi connectivity index (χ2n) is 7.34. The van der Waals surface area contributed by atoms with Gasteiger partial charge in [-0.1, -0.05) is 37.8 Å². The number of thiophene rings is 1. The third-order valence-corrected chi connectivity index (χ3v) is 6.77. The molecule has 0 fully saturated rings. The number of carbonyl (C=O) groups excluding carboxylic acids is 1. The van der Waals surface area contributed by atoms with Crippen LogP contribution in [0.15, 0.2) is 35.7 Å². The van der Waals surface area contributed by atoms with Gasteiger partial charge in [0.25, 0.3) is 0 Å². The van der Waals surface area contributed by atoms with Crippen molar-refractivity contribution in [2.75, 3.05) is 26.0 Å². The molecule has 1 aromatic heterocycles. The van der Waals surface area contributed by atoms with Crippen molar-refractivity contribution in [2.45, 2.75) is 33.2 Å². The summed E-state index contributed by atoms with van der Waals surface area (Å²) >= 11 is 1.58. The van der Waals surface area contributed by atoms with Crippen LogP contribution in [0.3, 0.4) is 0 Å². The summed E-state index contributed by atoms with van der Waals surface area (Å²) < 4.78 is 37.3. The molecule has 9 heteroatoms. The Morgan fingerprint density at radius 1 is 1.22 bits per heavy atom. The fourth-order valence-corrected chi connectivity index (χ4v) is 4.31. The lowest BCUT2D eigenvalue weighted by Crippen LogP contribution is -2.50. The van der Waals surface area contributed by atoms with Crippen LogP contribution in [0.25, 0.3) is 0 Å². The Labute approximate surface area is 194 Å². The molecule has 0 aliphatic rings. The molecule has 2 rings (SSSR count). The second-order valence-corrected chi connectivity index (χ2v) is 10.3. The van der Waals surface area contributed by atoms with Crippen LogP contribution in [0.4, 0.5) is 0 Å². The van der Waals surface area contributed by atoms with E-state index in [0.29, 0.717) is 24.5 Å². The van der Waals surface area contributed by atoms with Gasteiger partial charge in [-0.15, -0.1) is 11.3 Å². The van der Waals surface area contributed by atoms with Crippen molar-refractivity contribution in [3.05, 3.63) is 46.2 Å². The van der Waals surface area contributed by atoms with E-state index < -0.39 is 16.1 Å². The monoisotopic (exact) mass is 478 g/mol. The number of carbonyl (C=O) groups is 1. The van der Waals surface area contributed by atoms with Crippen molar-refractivity contribution in [2.24, 2.45) is 5.92 Å². The van der Waals surface area contributed by atoms with Crippen molar-refractivity contribution in [3.63, 3.8) is 0 Å². The van der Waals surface area contributed by atoms with Crippen molar-refractivity contribution < 1.29 is 22.7 Å². The van der Waals surface area contributed by atoms with Crippen LogP contribution in [0, 0.1) is 17.8 Å². The molecule has 0 aliphatic heterocycles. The quantitative estimate of drug-likeness (QED) is 0.485. The summed E-state index contributed by atoms with van der Waals surface area (Å²) in [5, 5.41) is 4.79. The van der Waals surface area contributed by atoms with Crippen LogP contribution in [0.5, 0.6) is 11.5 Å². The van der Waals surface area contributed by atoms with E-state index in [2.05, 4.69) is 21.9 Å². The maximum absolute atomic E-state index is 12.5. The van der Waals surface area contributed by atoms with Crippen LogP contribution in [0.1, 0.15) is 31.2 Å². The zero-order valence-electron chi connectivity index (χ0n) is 18.8. The largest absolute Gasteiger partial charge is 0.493 e. The van der Waals surface area contributed by atoms with Crippen molar-refractivity contribution in [3.8, 4) is 23.3 Å². The van der Waals surface area contributed by atoms with Crippen molar-refractivity contribution in [1.29, 1.82) is 0 Å². The van der Waals surface area contributed by atoms with Crippen LogP contribution in [-0.2, 0) is 21.2 Å². The fourth-order valence-electron chi connectivity index (χ4n) is 2.78. The van der Waals surface area contributed by atoms with E-state index >= 15 is 0 Å². The Hall–Kier alpha value is -2.54. The minimum absolute atomic E-state index is 0.0721. The highest BCUT2D eigenvalue weighted by molar-refractivity contribution is 7.89.